The maximum absolute atomic E-state index is 12.6. The van der Waals surface area contributed by atoms with Gasteiger partial charge < -0.3 is 9.47 Å². The number of rotatable bonds is 1. The number of allylic oxidation sites excluding steroid dienone is 1. The van der Waals surface area contributed by atoms with Gasteiger partial charge in [-0.2, -0.15) is 0 Å². The average Bonchev–Trinajstić information content (AvgIpc) is 2.92. The second kappa shape index (κ2) is 5.91. The van der Waals surface area contributed by atoms with Gasteiger partial charge in [0, 0.05) is 18.5 Å². The van der Waals surface area contributed by atoms with Crippen LogP contribution in [0.2, 0.25) is 0 Å². The van der Waals surface area contributed by atoms with Crippen molar-refractivity contribution < 1.29 is 14.3 Å². The Bertz CT molecular complexity index is 643. The average molecular weight is 315 g/mol. The first kappa shape index (κ1) is 15.9. The Hall–Kier alpha value is -1.97. The molecule has 0 bridgehead atoms. The van der Waals surface area contributed by atoms with E-state index in [1.807, 2.05) is 26.8 Å². The predicted octanol–water partition coefficient (Wildman–Crippen LogP) is 4.24. The van der Waals surface area contributed by atoms with E-state index in [-0.39, 0.29) is 6.09 Å². The van der Waals surface area contributed by atoms with Crippen molar-refractivity contribution >= 4 is 11.8 Å². The van der Waals surface area contributed by atoms with Gasteiger partial charge in [-0.15, -0.1) is 0 Å². The molecule has 2 aliphatic heterocycles. The summed E-state index contributed by atoms with van der Waals surface area (Å²) in [5.74, 6) is 1.36. The zero-order valence-corrected chi connectivity index (χ0v) is 14.4. The number of ether oxygens (including phenoxy) is 2. The smallest absolute Gasteiger partial charge is 0.414 e. The lowest BCUT2D eigenvalue weighted by Crippen LogP contribution is -2.39. The first-order valence-electron chi connectivity index (χ1n) is 8.30. The second-order valence-electron chi connectivity index (χ2n) is 7.44. The summed E-state index contributed by atoms with van der Waals surface area (Å²) >= 11 is 0. The third-order valence-corrected chi connectivity index (χ3v) is 4.10. The zero-order valence-electron chi connectivity index (χ0n) is 14.4. The number of carbonyl (C=O) groups is 1. The highest BCUT2D eigenvalue weighted by Gasteiger charge is 2.29. The summed E-state index contributed by atoms with van der Waals surface area (Å²) in [6, 6.07) is 6.22. The lowest BCUT2D eigenvalue weighted by atomic mass is 9.97. The zero-order chi connectivity index (χ0) is 16.6. The summed E-state index contributed by atoms with van der Waals surface area (Å²) < 4.78 is 11.3. The van der Waals surface area contributed by atoms with Crippen molar-refractivity contribution in [2.75, 3.05) is 13.2 Å². The molecule has 23 heavy (non-hydrogen) atoms. The highest BCUT2D eigenvalue weighted by Crippen LogP contribution is 2.33. The molecule has 1 aromatic carbocycles. The number of amides is 1. The Morgan fingerprint density at radius 2 is 2.13 bits per heavy atom. The first-order valence-corrected chi connectivity index (χ1v) is 8.30. The van der Waals surface area contributed by atoms with Crippen LogP contribution in [-0.2, 0) is 11.2 Å². The molecule has 2 heterocycles. The molecule has 4 heteroatoms. The van der Waals surface area contributed by atoms with Crippen LogP contribution in [0.1, 0.15) is 45.2 Å². The number of nitrogens with zero attached hydrogens (tertiary/aromatic N) is 1. The van der Waals surface area contributed by atoms with Crippen LogP contribution >= 0.6 is 0 Å². The lowest BCUT2D eigenvalue weighted by Gasteiger charge is -2.34. The van der Waals surface area contributed by atoms with E-state index in [9.17, 15) is 4.79 Å². The van der Waals surface area contributed by atoms with E-state index in [0.717, 1.165) is 36.5 Å². The minimum Gasteiger partial charge on any atom is -0.493 e. The summed E-state index contributed by atoms with van der Waals surface area (Å²) in [6.07, 6.45) is 3.78. The van der Waals surface area contributed by atoms with Crippen molar-refractivity contribution in [2.45, 2.75) is 46.1 Å². The Labute approximate surface area is 138 Å². The molecule has 0 spiro atoms. The van der Waals surface area contributed by atoms with Gasteiger partial charge in [-0.1, -0.05) is 25.1 Å². The van der Waals surface area contributed by atoms with Crippen LogP contribution in [0, 0.1) is 5.92 Å². The van der Waals surface area contributed by atoms with Gasteiger partial charge in [0.2, 0.25) is 0 Å². The van der Waals surface area contributed by atoms with Crippen molar-refractivity contribution in [3.05, 3.63) is 35.4 Å². The fourth-order valence-electron chi connectivity index (χ4n) is 3.00. The van der Waals surface area contributed by atoms with Gasteiger partial charge in [0.1, 0.15) is 11.4 Å². The van der Waals surface area contributed by atoms with Crippen LogP contribution in [0.3, 0.4) is 0 Å². The number of fused-ring (bicyclic) bond motifs is 1. The van der Waals surface area contributed by atoms with Crippen LogP contribution in [0.25, 0.3) is 5.70 Å². The van der Waals surface area contributed by atoms with Crippen LogP contribution in [0.15, 0.2) is 24.3 Å². The van der Waals surface area contributed by atoms with Gasteiger partial charge >= 0.3 is 6.09 Å². The number of hydrogen-bond acceptors (Lipinski definition) is 3. The Morgan fingerprint density at radius 3 is 2.87 bits per heavy atom. The highest BCUT2D eigenvalue weighted by molar-refractivity contribution is 5.83. The number of carbonyl (C=O) groups excluding carboxylic acids is 1. The van der Waals surface area contributed by atoms with Gasteiger partial charge in [-0.05, 0) is 44.7 Å². The first-order chi connectivity index (χ1) is 10.8. The molecular formula is C19H25NO3. The molecule has 1 aromatic rings. The second-order valence-corrected chi connectivity index (χ2v) is 7.44. The van der Waals surface area contributed by atoms with E-state index in [2.05, 4.69) is 25.1 Å². The lowest BCUT2D eigenvalue weighted by molar-refractivity contribution is 0.0327. The Morgan fingerprint density at radius 1 is 1.35 bits per heavy atom. The van der Waals surface area contributed by atoms with Gasteiger partial charge in [-0.3, -0.25) is 4.90 Å². The van der Waals surface area contributed by atoms with E-state index in [1.54, 1.807) is 4.90 Å². The molecule has 0 radical (unpaired) electrons. The van der Waals surface area contributed by atoms with Crippen LogP contribution in [-0.4, -0.2) is 29.7 Å². The van der Waals surface area contributed by atoms with E-state index in [0.29, 0.717) is 12.5 Å². The van der Waals surface area contributed by atoms with Crippen molar-refractivity contribution in [1.29, 1.82) is 0 Å². The molecule has 1 unspecified atom stereocenters. The molecule has 0 saturated heterocycles. The molecule has 2 aliphatic rings. The molecule has 0 aliphatic carbocycles. The molecule has 0 aromatic heterocycles. The quantitative estimate of drug-likeness (QED) is 0.778. The third-order valence-electron chi connectivity index (χ3n) is 4.10. The van der Waals surface area contributed by atoms with Gasteiger partial charge in [0.05, 0.1) is 12.3 Å². The standard InChI is InChI=1S/C19H25NO3/c1-13-5-8-16(20(12-13)18(21)23-19(2,3)4)15-7-6-14-9-10-22-17(14)11-15/h6-8,11,13H,5,9-10,12H2,1-4H3. The van der Waals surface area contributed by atoms with E-state index < -0.39 is 5.60 Å². The summed E-state index contributed by atoms with van der Waals surface area (Å²) in [4.78, 5) is 14.4. The van der Waals surface area contributed by atoms with Gasteiger partial charge in [0.25, 0.3) is 0 Å². The predicted molar refractivity (Wildman–Crippen MR) is 90.3 cm³/mol. The minimum absolute atomic E-state index is 0.281. The Kier molecular flexibility index (Phi) is 4.09. The largest absolute Gasteiger partial charge is 0.493 e. The fourth-order valence-corrected chi connectivity index (χ4v) is 3.00. The molecular weight excluding hydrogens is 290 g/mol. The molecule has 0 N–H and O–H groups in total. The van der Waals surface area contributed by atoms with Crippen LogP contribution in [0.4, 0.5) is 4.79 Å². The summed E-state index contributed by atoms with van der Waals surface area (Å²) in [5, 5.41) is 0. The van der Waals surface area contributed by atoms with E-state index in [4.69, 9.17) is 9.47 Å². The van der Waals surface area contributed by atoms with Crippen molar-refractivity contribution in [3.63, 3.8) is 0 Å². The molecule has 124 valence electrons. The molecule has 1 atom stereocenters. The maximum atomic E-state index is 12.6. The summed E-state index contributed by atoms with van der Waals surface area (Å²) in [6.45, 7) is 9.25. The number of hydrogen-bond donors (Lipinski definition) is 0. The van der Waals surface area contributed by atoms with Gasteiger partial charge in [0.15, 0.2) is 0 Å². The SMILES string of the molecule is CC1CC=C(c2ccc3c(c2)OCC3)N(C(=O)OC(C)(C)C)C1. The third kappa shape index (κ3) is 3.52. The normalized spacial score (nSPS) is 20.6. The Balaban J connectivity index is 1.90. The van der Waals surface area contributed by atoms with Crippen LogP contribution in [0.5, 0.6) is 5.75 Å². The molecule has 1 amide bonds. The highest BCUT2D eigenvalue weighted by atomic mass is 16.6. The van der Waals surface area contributed by atoms with Crippen molar-refractivity contribution in [3.8, 4) is 5.75 Å². The fraction of sp³-hybridized carbons (Fsp3) is 0.526. The molecule has 0 saturated carbocycles. The summed E-state index contributed by atoms with van der Waals surface area (Å²) in [5.41, 5.74) is 2.69. The minimum atomic E-state index is -0.496. The van der Waals surface area contributed by atoms with E-state index >= 15 is 0 Å². The molecule has 0 fully saturated rings. The maximum Gasteiger partial charge on any atom is 0.414 e. The molecule has 4 nitrogen and oxygen atoms in total. The molecule has 3 rings (SSSR count). The van der Waals surface area contributed by atoms with Crippen molar-refractivity contribution in [1.82, 2.24) is 4.90 Å². The topological polar surface area (TPSA) is 38.8 Å². The van der Waals surface area contributed by atoms with Gasteiger partial charge in [-0.25, -0.2) is 4.79 Å². The van der Waals surface area contributed by atoms with Crippen molar-refractivity contribution in [2.24, 2.45) is 5.92 Å². The number of benzene rings is 1. The van der Waals surface area contributed by atoms with E-state index in [1.165, 1.54) is 5.56 Å². The monoisotopic (exact) mass is 315 g/mol. The summed E-state index contributed by atoms with van der Waals surface area (Å²) in [7, 11) is 0. The van der Waals surface area contributed by atoms with Crippen LogP contribution < -0.4 is 4.74 Å².